The van der Waals surface area contributed by atoms with Crippen molar-refractivity contribution in [1.82, 2.24) is 5.43 Å². The van der Waals surface area contributed by atoms with Gasteiger partial charge >= 0.3 is 0 Å². The summed E-state index contributed by atoms with van der Waals surface area (Å²) in [6.07, 6.45) is 1.51. The molecule has 0 aliphatic rings. The highest BCUT2D eigenvalue weighted by Gasteiger charge is 2.28. The number of hydrogen-bond acceptors (Lipinski definition) is 5. The summed E-state index contributed by atoms with van der Waals surface area (Å²) in [4.78, 5) is 14.9. The fourth-order valence-electron chi connectivity index (χ4n) is 3.44. The lowest BCUT2D eigenvalue weighted by atomic mass is 10.1. The highest BCUT2D eigenvalue weighted by molar-refractivity contribution is 9.10. The van der Waals surface area contributed by atoms with E-state index in [2.05, 4.69) is 26.5 Å². The van der Waals surface area contributed by atoms with E-state index in [0.29, 0.717) is 5.69 Å². The summed E-state index contributed by atoms with van der Waals surface area (Å²) in [7, 11) is -0.101. The highest BCUT2D eigenvalue weighted by atomic mass is 79.9. The number of hydrogen-bond donors (Lipinski definition) is 1. The zero-order valence-electron chi connectivity index (χ0n) is 20.4. The second-order valence-electron chi connectivity index (χ2n) is 8.51. The number of anilines is 2. The number of aryl methyl sites for hydroxylation is 3. The summed E-state index contributed by atoms with van der Waals surface area (Å²) < 4.78 is 29.1. The molecule has 0 spiro atoms. The van der Waals surface area contributed by atoms with Gasteiger partial charge < -0.3 is 4.90 Å². The van der Waals surface area contributed by atoms with E-state index in [1.54, 1.807) is 30.3 Å². The van der Waals surface area contributed by atoms with Gasteiger partial charge in [-0.1, -0.05) is 35.9 Å². The van der Waals surface area contributed by atoms with Gasteiger partial charge in [-0.15, -0.1) is 0 Å². The standard InChI is InChI=1S/C26H29BrN4O3S/c1-18-7-11-22(12-8-18)35(33,34)31(25-14-19(2)6-9-20(25)3)17-26(32)29-28-16-21-10-13-24(30(4)5)23(27)15-21/h6-16H,17H2,1-5H3,(H,29,32)/b28-16-. The van der Waals surface area contributed by atoms with Crippen LogP contribution in [0, 0.1) is 20.8 Å². The van der Waals surface area contributed by atoms with Gasteiger partial charge in [0.05, 0.1) is 22.5 Å². The van der Waals surface area contributed by atoms with Gasteiger partial charge in [0.1, 0.15) is 6.54 Å². The first-order chi connectivity index (χ1) is 16.5. The molecule has 0 saturated heterocycles. The van der Waals surface area contributed by atoms with Gasteiger partial charge in [0, 0.05) is 18.6 Å². The van der Waals surface area contributed by atoms with Crippen molar-refractivity contribution in [2.75, 3.05) is 29.8 Å². The zero-order chi connectivity index (χ0) is 25.8. The summed E-state index contributed by atoms with van der Waals surface area (Å²) >= 11 is 3.52. The third kappa shape index (κ3) is 6.49. The van der Waals surface area contributed by atoms with Crippen LogP contribution >= 0.6 is 15.9 Å². The summed E-state index contributed by atoms with van der Waals surface area (Å²) in [6.45, 7) is 5.17. The SMILES string of the molecule is Cc1ccc(S(=O)(=O)N(CC(=O)N/N=C\c2ccc(N(C)C)c(Br)c2)c2cc(C)ccc2C)cc1. The number of halogens is 1. The number of nitrogens with one attached hydrogen (secondary N) is 1. The smallest absolute Gasteiger partial charge is 0.264 e. The Labute approximate surface area is 215 Å². The van der Waals surface area contributed by atoms with Crippen molar-refractivity contribution >= 4 is 49.4 Å². The molecule has 0 aromatic heterocycles. The van der Waals surface area contributed by atoms with Gasteiger partial charge in [0.2, 0.25) is 0 Å². The molecule has 0 fully saturated rings. The fourth-order valence-corrected chi connectivity index (χ4v) is 5.66. The molecule has 1 amide bonds. The minimum atomic E-state index is -3.99. The third-order valence-electron chi connectivity index (χ3n) is 5.39. The molecular weight excluding hydrogens is 528 g/mol. The normalized spacial score (nSPS) is 11.5. The van der Waals surface area contributed by atoms with Crippen molar-refractivity contribution in [2.45, 2.75) is 25.7 Å². The third-order valence-corrected chi connectivity index (χ3v) is 7.80. The van der Waals surface area contributed by atoms with Gasteiger partial charge in [-0.25, -0.2) is 13.8 Å². The van der Waals surface area contributed by atoms with E-state index in [4.69, 9.17) is 0 Å². The summed E-state index contributed by atoms with van der Waals surface area (Å²) in [5.41, 5.74) is 7.27. The van der Waals surface area contributed by atoms with Crippen LogP contribution in [0.3, 0.4) is 0 Å². The van der Waals surface area contributed by atoms with Crippen LogP contribution in [0.25, 0.3) is 0 Å². The Morgan fingerprint density at radius 2 is 1.60 bits per heavy atom. The molecule has 3 rings (SSSR count). The molecule has 0 aliphatic heterocycles. The molecule has 0 aliphatic carbocycles. The van der Waals surface area contributed by atoms with E-state index in [9.17, 15) is 13.2 Å². The van der Waals surface area contributed by atoms with Crippen molar-refractivity contribution in [1.29, 1.82) is 0 Å². The number of nitrogens with zero attached hydrogens (tertiary/aromatic N) is 3. The maximum Gasteiger partial charge on any atom is 0.264 e. The Kier molecular flexibility index (Phi) is 8.34. The summed E-state index contributed by atoms with van der Waals surface area (Å²) in [5, 5.41) is 4.03. The van der Waals surface area contributed by atoms with Crippen LogP contribution in [0.15, 0.2) is 75.1 Å². The molecule has 3 aromatic rings. The molecule has 9 heteroatoms. The Morgan fingerprint density at radius 1 is 0.943 bits per heavy atom. The van der Waals surface area contributed by atoms with Crippen molar-refractivity contribution in [3.63, 3.8) is 0 Å². The van der Waals surface area contributed by atoms with Crippen LogP contribution in [0.2, 0.25) is 0 Å². The lowest BCUT2D eigenvalue weighted by Crippen LogP contribution is -2.40. The van der Waals surface area contributed by atoms with Crippen LogP contribution in [-0.4, -0.2) is 41.2 Å². The lowest BCUT2D eigenvalue weighted by Gasteiger charge is -2.25. The minimum absolute atomic E-state index is 0.117. The second-order valence-corrected chi connectivity index (χ2v) is 11.2. The van der Waals surface area contributed by atoms with Crippen LogP contribution in [0.1, 0.15) is 22.3 Å². The molecule has 0 saturated carbocycles. The average molecular weight is 558 g/mol. The molecule has 35 heavy (non-hydrogen) atoms. The molecule has 0 radical (unpaired) electrons. The molecule has 0 heterocycles. The van der Waals surface area contributed by atoms with Gasteiger partial charge in [-0.05, 0) is 83.7 Å². The van der Waals surface area contributed by atoms with E-state index >= 15 is 0 Å². The highest BCUT2D eigenvalue weighted by Crippen LogP contribution is 2.28. The average Bonchev–Trinajstić information content (AvgIpc) is 2.79. The first kappa shape index (κ1) is 26.4. The summed E-state index contributed by atoms with van der Waals surface area (Å²) in [5.74, 6) is -0.554. The molecule has 0 unspecified atom stereocenters. The van der Waals surface area contributed by atoms with E-state index < -0.39 is 22.5 Å². The predicted octanol–water partition coefficient (Wildman–Crippen LogP) is 4.79. The maximum absolute atomic E-state index is 13.6. The predicted molar refractivity (Wildman–Crippen MR) is 146 cm³/mol. The lowest BCUT2D eigenvalue weighted by molar-refractivity contribution is -0.119. The largest absolute Gasteiger partial charge is 0.377 e. The van der Waals surface area contributed by atoms with Crippen LogP contribution in [0.4, 0.5) is 11.4 Å². The number of sulfonamides is 1. The van der Waals surface area contributed by atoms with Gasteiger partial charge in [0.15, 0.2) is 0 Å². The molecular formula is C26H29BrN4O3S. The van der Waals surface area contributed by atoms with E-state index in [-0.39, 0.29) is 4.90 Å². The molecule has 1 N–H and O–H groups in total. The van der Waals surface area contributed by atoms with Crippen LogP contribution < -0.4 is 14.6 Å². The van der Waals surface area contributed by atoms with Gasteiger partial charge in [0.25, 0.3) is 15.9 Å². The summed E-state index contributed by atoms with van der Waals surface area (Å²) in [6, 6.07) is 17.8. The number of carbonyl (C=O) groups is 1. The quantitative estimate of drug-likeness (QED) is 0.319. The number of amides is 1. The number of rotatable bonds is 8. The fraction of sp³-hybridized carbons (Fsp3) is 0.231. The van der Waals surface area contributed by atoms with Crippen LogP contribution in [0.5, 0.6) is 0 Å². The number of hydrazone groups is 1. The molecule has 0 bridgehead atoms. The van der Waals surface area contributed by atoms with Crippen molar-refractivity contribution in [3.05, 3.63) is 87.4 Å². The molecule has 7 nitrogen and oxygen atoms in total. The van der Waals surface area contributed by atoms with Crippen molar-refractivity contribution in [3.8, 4) is 0 Å². The van der Waals surface area contributed by atoms with E-state index in [1.807, 2.05) is 70.1 Å². The Balaban J connectivity index is 1.85. The maximum atomic E-state index is 13.6. The molecule has 0 atom stereocenters. The number of carbonyl (C=O) groups excluding carboxylic acids is 1. The van der Waals surface area contributed by atoms with Crippen molar-refractivity contribution < 1.29 is 13.2 Å². The number of benzene rings is 3. The van der Waals surface area contributed by atoms with Crippen LogP contribution in [-0.2, 0) is 14.8 Å². The Morgan fingerprint density at radius 3 is 2.23 bits per heavy atom. The zero-order valence-corrected chi connectivity index (χ0v) is 22.8. The topological polar surface area (TPSA) is 82.1 Å². The van der Waals surface area contributed by atoms with E-state index in [1.165, 1.54) is 6.21 Å². The second kappa shape index (κ2) is 11.0. The first-order valence-corrected chi connectivity index (χ1v) is 13.2. The van der Waals surface area contributed by atoms with E-state index in [0.717, 1.165) is 36.7 Å². The van der Waals surface area contributed by atoms with Gasteiger partial charge in [-0.3, -0.25) is 9.10 Å². The van der Waals surface area contributed by atoms with Gasteiger partial charge in [-0.2, -0.15) is 5.10 Å². The Bertz CT molecular complexity index is 1350. The van der Waals surface area contributed by atoms with Crippen molar-refractivity contribution in [2.24, 2.45) is 5.10 Å². The Hall–Kier alpha value is -3.17. The monoisotopic (exact) mass is 556 g/mol. The molecule has 3 aromatic carbocycles. The minimum Gasteiger partial charge on any atom is -0.377 e. The first-order valence-electron chi connectivity index (χ1n) is 10.9. The molecule has 184 valence electrons.